The molecule has 2 aromatic carbocycles. The van der Waals surface area contributed by atoms with E-state index < -0.39 is 0 Å². The molecular weight excluding hydrogens is 312 g/mol. The van der Waals surface area contributed by atoms with Crippen LogP contribution in [0.1, 0.15) is 42.5 Å². The number of hydrogen-bond donors (Lipinski definition) is 1. The highest BCUT2D eigenvalue weighted by molar-refractivity contribution is 5.95. The third kappa shape index (κ3) is 4.27. The zero-order chi connectivity index (χ0) is 17.8. The van der Waals surface area contributed by atoms with Gasteiger partial charge in [-0.2, -0.15) is 0 Å². The number of anilines is 1. The fourth-order valence-corrected chi connectivity index (χ4v) is 3.27. The first-order valence-corrected chi connectivity index (χ1v) is 8.78. The molecule has 1 unspecified atom stereocenters. The van der Waals surface area contributed by atoms with Gasteiger partial charge in [-0.1, -0.05) is 42.0 Å². The average molecular weight is 336 g/mol. The molecule has 0 radical (unpaired) electrons. The van der Waals surface area contributed by atoms with Gasteiger partial charge in [-0.25, -0.2) is 0 Å². The van der Waals surface area contributed by atoms with Crippen molar-refractivity contribution in [3.63, 3.8) is 0 Å². The molecule has 1 aliphatic rings. The Morgan fingerprint density at radius 1 is 1.20 bits per heavy atom. The first-order chi connectivity index (χ1) is 12.0. The maximum atomic E-state index is 12.3. The van der Waals surface area contributed by atoms with Crippen LogP contribution in [-0.2, 0) is 16.0 Å². The topological polar surface area (TPSA) is 49.4 Å². The molecule has 1 saturated heterocycles. The minimum Gasteiger partial charge on any atom is -0.349 e. The summed E-state index contributed by atoms with van der Waals surface area (Å²) in [5.41, 5.74) is 4.09. The van der Waals surface area contributed by atoms with Crippen LogP contribution < -0.4 is 10.2 Å². The Labute approximate surface area is 148 Å². The lowest BCUT2D eigenvalue weighted by Crippen LogP contribution is -2.28. The largest absolute Gasteiger partial charge is 0.349 e. The number of aryl methyl sites for hydroxylation is 1. The third-order valence-electron chi connectivity index (χ3n) is 4.58. The second-order valence-electron chi connectivity index (χ2n) is 6.70. The van der Waals surface area contributed by atoms with E-state index in [1.807, 2.05) is 67.3 Å². The van der Waals surface area contributed by atoms with Gasteiger partial charge in [0.25, 0.3) is 0 Å². The Morgan fingerprint density at radius 2 is 2.00 bits per heavy atom. The molecule has 3 rings (SSSR count). The lowest BCUT2D eigenvalue weighted by molar-refractivity contribution is -0.121. The molecule has 2 aromatic rings. The molecule has 0 aliphatic carbocycles. The summed E-state index contributed by atoms with van der Waals surface area (Å²) in [5.74, 6) is 0.175. The highest BCUT2D eigenvalue weighted by Crippen LogP contribution is 2.24. The number of rotatable bonds is 5. The van der Waals surface area contributed by atoms with Gasteiger partial charge >= 0.3 is 0 Å². The van der Waals surface area contributed by atoms with Crippen molar-refractivity contribution in [1.82, 2.24) is 5.32 Å². The van der Waals surface area contributed by atoms with Crippen molar-refractivity contribution < 1.29 is 9.59 Å². The Bertz CT molecular complexity index is 785. The van der Waals surface area contributed by atoms with Crippen LogP contribution in [0.4, 0.5) is 5.69 Å². The van der Waals surface area contributed by atoms with E-state index in [0.29, 0.717) is 12.8 Å². The number of benzene rings is 2. The average Bonchev–Trinajstić information content (AvgIpc) is 3.01. The molecule has 1 atom stereocenters. The number of carbonyl (C=O) groups is 2. The predicted molar refractivity (Wildman–Crippen MR) is 99.5 cm³/mol. The minimum absolute atomic E-state index is 0.000696. The molecule has 2 amide bonds. The van der Waals surface area contributed by atoms with E-state index >= 15 is 0 Å². The summed E-state index contributed by atoms with van der Waals surface area (Å²) >= 11 is 0. The Balaban J connectivity index is 1.65. The number of carbonyl (C=O) groups excluding carboxylic acids is 2. The fraction of sp³-hybridized carbons (Fsp3) is 0.333. The summed E-state index contributed by atoms with van der Waals surface area (Å²) in [5, 5.41) is 3.05. The van der Waals surface area contributed by atoms with Crippen LogP contribution in [0.3, 0.4) is 0 Å². The van der Waals surface area contributed by atoms with Gasteiger partial charge in [0.05, 0.1) is 12.5 Å². The van der Waals surface area contributed by atoms with Gasteiger partial charge < -0.3 is 10.2 Å². The van der Waals surface area contributed by atoms with E-state index in [9.17, 15) is 9.59 Å². The summed E-state index contributed by atoms with van der Waals surface area (Å²) < 4.78 is 0. The van der Waals surface area contributed by atoms with Crippen molar-refractivity contribution in [2.45, 2.75) is 39.2 Å². The van der Waals surface area contributed by atoms with E-state index in [-0.39, 0.29) is 17.9 Å². The summed E-state index contributed by atoms with van der Waals surface area (Å²) in [7, 11) is 0. The monoisotopic (exact) mass is 336 g/mol. The molecule has 1 heterocycles. The molecule has 0 spiro atoms. The van der Waals surface area contributed by atoms with E-state index in [1.54, 1.807) is 0 Å². The van der Waals surface area contributed by atoms with Crippen LogP contribution in [0.15, 0.2) is 48.5 Å². The molecule has 25 heavy (non-hydrogen) atoms. The van der Waals surface area contributed by atoms with Gasteiger partial charge in [-0.3, -0.25) is 9.59 Å². The zero-order valence-electron chi connectivity index (χ0n) is 14.8. The lowest BCUT2D eigenvalue weighted by Gasteiger charge is -2.19. The second-order valence-corrected chi connectivity index (χ2v) is 6.70. The van der Waals surface area contributed by atoms with Crippen molar-refractivity contribution >= 4 is 17.5 Å². The summed E-state index contributed by atoms with van der Waals surface area (Å²) in [4.78, 5) is 26.1. The van der Waals surface area contributed by atoms with Crippen LogP contribution in [0.5, 0.6) is 0 Å². The van der Waals surface area contributed by atoms with Crippen LogP contribution in [0, 0.1) is 6.92 Å². The molecule has 1 aliphatic heterocycles. The smallest absolute Gasteiger partial charge is 0.227 e. The zero-order valence-corrected chi connectivity index (χ0v) is 14.8. The third-order valence-corrected chi connectivity index (χ3v) is 4.58. The first-order valence-electron chi connectivity index (χ1n) is 8.78. The van der Waals surface area contributed by atoms with Gasteiger partial charge in [-0.15, -0.1) is 0 Å². The van der Waals surface area contributed by atoms with Crippen molar-refractivity contribution in [3.8, 4) is 0 Å². The second kappa shape index (κ2) is 7.51. The van der Waals surface area contributed by atoms with Gasteiger partial charge in [-0.05, 0) is 43.5 Å². The van der Waals surface area contributed by atoms with E-state index in [0.717, 1.165) is 35.3 Å². The first kappa shape index (κ1) is 17.2. The number of amides is 2. The molecule has 1 N–H and O–H groups in total. The molecule has 0 bridgehead atoms. The molecule has 4 nitrogen and oxygen atoms in total. The molecule has 130 valence electrons. The summed E-state index contributed by atoms with van der Waals surface area (Å²) in [6.45, 7) is 4.77. The van der Waals surface area contributed by atoms with Crippen LogP contribution >= 0.6 is 0 Å². The summed E-state index contributed by atoms with van der Waals surface area (Å²) in [6.07, 6.45) is 1.90. The van der Waals surface area contributed by atoms with Crippen molar-refractivity contribution in [2.24, 2.45) is 0 Å². The van der Waals surface area contributed by atoms with Crippen molar-refractivity contribution in [1.29, 1.82) is 0 Å². The predicted octanol–water partition coefficient (Wildman–Crippen LogP) is 3.54. The molecule has 0 aromatic heterocycles. The van der Waals surface area contributed by atoms with Crippen molar-refractivity contribution in [3.05, 3.63) is 65.2 Å². The SMILES string of the molecule is Cc1cccc(CC(=O)NC(C)c2cccc(N3CCCC3=O)c2)c1. The van der Waals surface area contributed by atoms with Gasteiger partial charge in [0, 0.05) is 18.7 Å². The Kier molecular flexibility index (Phi) is 5.17. The lowest BCUT2D eigenvalue weighted by atomic mass is 10.1. The van der Waals surface area contributed by atoms with E-state index in [4.69, 9.17) is 0 Å². The number of nitrogens with one attached hydrogen (secondary N) is 1. The highest BCUT2D eigenvalue weighted by atomic mass is 16.2. The maximum absolute atomic E-state index is 12.3. The normalized spacial score (nSPS) is 15.3. The molecule has 0 saturated carbocycles. The number of hydrogen-bond acceptors (Lipinski definition) is 2. The number of nitrogens with zero attached hydrogens (tertiary/aromatic N) is 1. The standard InChI is InChI=1S/C21H24N2O2/c1-15-6-3-7-17(12-15)13-20(24)22-16(2)18-8-4-9-19(14-18)23-11-5-10-21(23)25/h3-4,6-9,12,14,16H,5,10-11,13H2,1-2H3,(H,22,24). The van der Waals surface area contributed by atoms with E-state index in [1.165, 1.54) is 0 Å². The quantitative estimate of drug-likeness (QED) is 0.908. The molecule has 1 fully saturated rings. The van der Waals surface area contributed by atoms with Gasteiger partial charge in [0.2, 0.25) is 11.8 Å². The van der Waals surface area contributed by atoms with Crippen LogP contribution in [0.2, 0.25) is 0 Å². The van der Waals surface area contributed by atoms with Crippen LogP contribution in [0.25, 0.3) is 0 Å². The Hall–Kier alpha value is -2.62. The maximum Gasteiger partial charge on any atom is 0.227 e. The van der Waals surface area contributed by atoms with Crippen molar-refractivity contribution in [2.75, 3.05) is 11.4 Å². The van der Waals surface area contributed by atoms with Gasteiger partial charge in [0.15, 0.2) is 0 Å². The van der Waals surface area contributed by atoms with E-state index in [2.05, 4.69) is 5.32 Å². The molecular formula is C21H24N2O2. The fourth-order valence-electron chi connectivity index (χ4n) is 3.27. The highest BCUT2D eigenvalue weighted by Gasteiger charge is 2.22. The minimum atomic E-state index is -0.102. The van der Waals surface area contributed by atoms with Crippen LogP contribution in [-0.4, -0.2) is 18.4 Å². The summed E-state index contributed by atoms with van der Waals surface area (Å²) in [6, 6.07) is 15.8. The van der Waals surface area contributed by atoms with Gasteiger partial charge in [0.1, 0.15) is 0 Å². The Morgan fingerprint density at radius 3 is 2.72 bits per heavy atom. The molecule has 4 heteroatoms.